The van der Waals surface area contributed by atoms with E-state index < -0.39 is 17.2 Å². The minimum Gasteiger partial charge on any atom is -0.543 e. The second-order valence-corrected chi connectivity index (χ2v) is 8.18. The van der Waals surface area contributed by atoms with E-state index in [1.807, 2.05) is 12.1 Å². The molecule has 1 saturated heterocycles. The number of aromatic carboxylic acids is 1. The van der Waals surface area contributed by atoms with Gasteiger partial charge in [-0.2, -0.15) is 0 Å². The van der Waals surface area contributed by atoms with Gasteiger partial charge in [0, 0.05) is 25.2 Å². The molecule has 4 rings (SSSR count). The van der Waals surface area contributed by atoms with Crippen LogP contribution in [-0.2, 0) is 0 Å². The summed E-state index contributed by atoms with van der Waals surface area (Å²) in [5.74, 6) is -1.50. The maximum Gasteiger partial charge on any atom is 0.279 e. The Morgan fingerprint density at radius 3 is 2.25 bits per heavy atom. The maximum absolute atomic E-state index is 12.9. The first kappa shape index (κ1) is 19.1. The van der Waals surface area contributed by atoms with Gasteiger partial charge in [0.25, 0.3) is 5.56 Å². The molecule has 28 heavy (non-hydrogen) atoms. The Morgan fingerprint density at radius 1 is 0.929 bits per heavy atom. The van der Waals surface area contributed by atoms with E-state index in [1.54, 1.807) is 16.7 Å². The van der Waals surface area contributed by atoms with Crippen molar-refractivity contribution in [2.24, 2.45) is 0 Å². The van der Waals surface area contributed by atoms with Crippen LogP contribution in [0.25, 0.3) is 11.0 Å². The van der Waals surface area contributed by atoms with Gasteiger partial charge in [-0.1, -0.05) is 44.2 Å². The summed E-state index contributed by atoms with van der Waals surface area (Å²) in [5.41, 5.74) is 0.218. The average molecular weight is 382 g/mol. The fraction of sp³-hybridized carbons (Fsp3) is 0.591. The summed E-state index contributed by atoms with van der Waals surface area (Å²) in [6.07, 6.45) is 11.0. The van der Waals surface area contributed by atoms with Gasteiger partial charge >= 0.3 is 0 Å². The largest absolute Gasteiger partial charge is 0.543 e. The fourth-order valence-electron chi connectivity index (χ4n) is 4.96. The number of hydrogen-bond acceptors (Lipinski definition) is 5. The Balaban J connectivity index is 1.57. The molecular formula is C22H28N3O3-. The molecule has 1 saturated carbocycles. The second-order valence-electron chi connectivity index (χ2n) is 8.18. The van der Waals surface area contributed by atoms with Crippen LogP contribution in [0, 0.1) is 0 Å². The molecule has 1 aliphatic carbocycles. The minimum atomic E-state index is -1.50. The van der Waals surface area contributed by atoms with Crippen molar-refractivity contribution >= 4 is 17.0 Å². The summed E-state index contributed by atoms with van der Waals surface area (Å²) in [6.45, 7) is 1.91. The number of carboxylic acids is 1. The highest BCUT2D eigenvalue weighted by atomic mass is 16.4. The molecular weight excluding hydrogens is 354 g/mol. The van der Waals surface area contributed by atoms with E-state index in [2.05, 4.69) is 9.88 Å². The molecule has 2 fully saturated rings. The zero-order valence-electron chi connectivity index (χ0n) is 16.3. The Hall–Kier alpha value is -2.21. The number of nitrogens with zero attached hydrogens (tertiary/aromatic N) is 3. The number of hydrogen-bond donors (Lipinski definition) is 0. The molecule has 1 aliphatic heterocycles. The van der Waals surface area contributed by atoms with Crippen LogP contribution in [0.5, 0.6) is 0 Å². The standard InChI is InChI=1S/C22H29N3O3/c26-21-20(22(27)28)23-18-10-6-7-11-19(18)25(21)17-12-14-24(15-13-17)16-8-4-2-1-3-5-9-16/h6-7,10-11,16-17H,1-5,8-9,12-15H2,(H,27,28)/p-1. The molecule has 2 aromatic rings. The van der Waals surface area contributed by atoms with Crippen molar-refractivity contribution in [3.8, 4) is 0 Å². The number of rotatable bonds is 3. The number of fused-ring (bicyclic) bond motifs is 1. The number of para-hydroxylation sites is 2. The summed E-state index contributed by atoms with van der Waals surface area (Å²) >= 11 is 0. The molecule has 1 aromatic heterocycles. The molecule has 0 bridgehead atoms. The van der Waals surface area contributed by atoms with E-state index in [4.69, 9.17) is 0 Å². The molecule has 1 aromatic carbocycles. The van der Waals surface area contributed by atoms with E-state index in [0.717, 1.165) is 25.9 Å². The number of likely N-dealkylation sites (tertiary alicyclic amines) is 1. The van der Waals surface area contributed by atoms with E-state index >= 15 is 0 Å². The van der Waals surface area contributed by atoms with E-state index in [-0.39, 0.29) is 6.04 Å². The van der Waals surface area contributed by atoms with Crippen LogP contribution >= 0.6 is 0 Å². The number of carbonyl (C=O) groups is 1. The van der Waals surface area contributed by atoms with Gasteiger partial charge in [0.05, 0.1) is 17.0 Å². The number of carboxylic acid groups (broad SMARTS) is 1. The normalized spacial score (nSPS) is 20.7. The second kappa shape index (κ2) is 8.43. The van der Waals surface area contributed by atoms with Crippen LogP contribution in [0.4, 0.5) is 0 Å². The molecule has 0 N–H and O–H groups in total. The lowest BCUT2D eigenvalue weighted by molar-refractivity contribution is -0.255. The molecule has 2 heterocycles. The van der Waals surface area contributed by atoms with Gasteiger partial charge in [0.1, 0.15) is 0 Å². The van der Waals surface area contributed by atoms with Crippen molar-refractivity contribution in [1.82, 2.24) is 14.5 Å². The van der Waals surface area contributed by atoms with Crippen molar-refractivity contribution in [3.05, 3.63) is 40.3 Å². The van der Waals surface area contributed by atoms with Gasteiger partial charge in [-0.3, -0.25) is 4.79 Å². The minimum absolute atomic E-state index is 0.00306. The third-order valence-corrected chi connectivity index (χ3v) is 6.44. The zero-order chi connectivity index (χ0) is 19.5. The number of aromatic nitrogens is 2. The highest BCUT2D eigenvalue weighted by Gasteiger charge is 2.28. The van der Waals surface area contributed by atoms with Gasteiger partial charge in [-0.25, -0.2) is 4.98 Å². The Kier molecular flexibility index (Phi) is 5.76. The van der Waals surface area contributed by atoms with Crippen LogP contribution in [0.2, 0.25) is 0 Å². The van der Waals surface area contributed by atoms with E-state index in [9.17, 15) is 14.7 Å². The van der Waals surface area contributed by atoms with Crippen LogP contribution in [-0.4, -0.2) is 39.6 Å². The first-order valence-electron chi connectivity index (χ1n) is 10.6. The van der Waals surface area contributed by atoms with Crippen molar-refractivity contribution in [3.63, 3.8) is 0 Å². The summed E-state index contributed by atoms with van der Waals surface area (Å²) in [4.78, 5) is 30.9. The van der Waals surface area contributed by atoms with Gasteiger partial charge in [0.2, 0.25) is 0 Å². The average Bonchev–Trinajstić information content (AvgIpc) is 2.67. The van der Waals surface area contributed by atoms with Crippen molar-refractivity contribution < 1.29 is 9.90 Å². The van der Waals surface area contributed by atoms with Crippen LogP contribution in [0.15, 0.2) is 29.1 Å². The van der Waals surface area contributed by atoms with Gasteiger partial charge in [-0.15, -0.1) is 0 Å². The fourth-order valence-corrected chi connectivity index (χ4v) is 4.96. The Labute approximate surface area is 165 Å². The van der Waals surface area contributed by atoms with E-state index in [1.165, 1.54) is 44.9 Å². The Bertz CT molecular complexity index is 892. The van der Waals surface area contributed by atoms with E-state index in [0.29, 0.717) is 17.1 Å². The molecule has 0 radical (unpaired) electrons. The number of piperidine rings is 1. The maximum atomic E-state index is 12.9. The monoisotopic (exact) mass is 382 g/mol. The summed E-state index contributed by atoms with van der Waals surface area (Å²) < 4.78 is 1.66. The first-order valence-corrected chi connectivity index (χ1v) is 10.6. The Morgan fingerprint density at radius 2 is 1.57 bits per heavy atom. The lowest BCUT2D eigenvalue weighted by atomic mass is 9.93. The third-order valence-electron chi connectivity index (χ3n) is 6.44. The molecule has 6 nitrogen and oxygen atoms in total. The van der Waals surface area contributed by atoms with Crippen molar-refractivity contribution in [2.45, 2.75) is 69.9 Å². The smallest absolute Gasteiger partial charge is 0.279 e. The summed E-state index contributed by atoms with van der Waals surface area (Å²) in [5, 5.41) is 11.4. The molecule has 2 aliphatic rings. The molecule has 0 atom stereocenters. The lowest BCUT2D eigenvalue weighted by Gasteiger charge is -2.39. The lowest BCUT2D eigenvalue weighted by Crippen LogP contribution is -2.44. The predicted octanol–water partition coefficient (Wildman–Crippen LogP) is 2.51. The highest BCUT2D eigenvalue weighted by Crippen LogP contribution is 2.29. The zero-order valence-corrected chi connectivity index (χ0v) is 16.3. The van der Waals surface area contributed by atoms with Gasteiger partial charge in [0.15, 0.2) is 5.69 Å². The summed E-state index contributed by atoms with van der Waals surface area (Å²) in [7, 11) is 0. The quantitative estimate of drug-likeness (QED) is 0.815. The predicted molar refractivity (Wildman–Crippen MR) is 106 cm³/mol. The molecule has 0 amide bonds. The number of benzene rings is 1. The third kappa shape index (κ3) is 3.83. The first-order chi connectivity index (χ1) is 13.6. The SMILES string of the molecule is O=C([O-])c1nc2ccccc2n(C2CCN(C3CCCCCCC3)CC2)c1=O. The number of carbonyl (C=O) groups excluding carboxylic acids is 1. The topological polar surface area (TPSA) is 78.3 Å². The highest BCUT2D eigenvalue weighted by molar-refractivity contribution is 5.86. The molecule has 150 valence electrons. The van der Waals surface area contributed by atoms with Crippen LogP contribution < -0.4 is 10.7 Å². The van der Waals surface area contributed by atoms with Crippen LogP contribution in [0.1, 0.15) is 74.3 Å². The van der Waals surface area contributed by atoms with Crippen molar-refractivity contribution in [1.29, 1.82) is 0 Å². The van der Waals surface area contributed by atoms with Gasteiger partial charge in [-0.05, 0) is 37.8 Å². The molecule has 0 unspecified atom stereocenters. The van der Waals surface area contributed by atoms with Crippen molar-refractivity contribution in [2.75, 3.05) is 13.1 Å². The summed E-state index contributed by atoms with van der Waals surface area (Å²) in [6, 6.07) is 7.93. The van der Waals surface area contributed by atoms with Crippen LogP contribution in [0.3, 0.4) is 0 Å². The molecule has 6 heteroatoms. The molecule has 0 spiro atoms. The van der Waals surface area contributed by atoms with Gasteiger partial charge < -0.3 is 19.4 Å².